The zero-order chi connectivity index (χ0) is 6.69. The summed E-state index contributed by atoms with van der Waals surface area (Å²) in [6.07, 6.45) is 3.08. The van der Waals surface area contributed by atoms with Gasteiger partial charge in [-0.05, 0) is 6.42 Å². The third kappa shape index (κ3) is 1.72. The van der Waals surface area contributed by atoms with Gasteiger partial charge in [-0.3, -0.25) is 0 Å². The van der Waals surface area contributed by atoms with E-state index in [0.29, 0.717) is 0 Å². The second-order valence-corrected chi connectivity index (χ2v) is 2.21. The fourth-order valence-electron chi connectivity index (χ4n) is 0.936. The van der Waals surface area contributed by atoms with Gasteiger partial charge < -0.3 is 9.47 Å². The van der Waals surface area contributed by atoms with Crippen LogP contribution in [-0.2, 0) is 9.47 Å². The van der Waals surface area contributed by atoms with Crippen molar-refractivity contribution in [1.82, 2.24) is 0 Å². The third-order valence-corrected chi connectivity index (χ3v) is 1.46. The van der Waals surface area contributed by atoms with Crippen LogP contribution in [0.25, 0.3) is 0 Å². The van der Waals surface area contributed by atoms with E-state index >= 15 is 0 Å². The Morgan fingerprint density at radius 3 is 3.00 bits per heavy atom. The normalized spacial score (nSPS) is 27.7. The Hall–Kier alpha value is -0.500. The van der Waals surface area contributed by atoms with E-state index in [4.69, 9.17) is 9.47 Å². The molecule has 0 N–H and O–H groups in total. The van der Waals surface area contributed by atoms with Crippen molar-refractivity contribution in [3.05, 3.63) is 12.3 Å². The Labute approximate surface area is 55.5 Å². The molecule has 1 heterocycles. The molecule has 0 aromatic rings. The molecule has 2 nitrogen and oxygen atoms in total. The summed E-state index contributed by atoms with van der Waals surface area (Å²) in [5.41, 5.74) is 0. The molecule has 1 aliphatic heterocycles. The molecule has 2 heteroatoms. The molecule has 0 aliphatic carbocycles. The van der Waals surface area contributed by atoms with Gasteiger partial charge in [-0.1, -0.05) is 6.58 Å². The molecule has 52 valence electrons. The quantitative estimate of drug-likeness (QED) is 0.534. The summed E-state index contributed by atoms with van der Waals surface area (Å²) in [6.45, 7) is 3.71. The fourth-order valence-corrected chi connectivity index (χ4v) is 0.936. The van der Waals surface area contributed by atoms with E-state index in [2.05, 4.69) is 6.58 Å². The summed E-state index contributed by atoms with van der Waals surface area (Å²) < 4.78 is 10.2. The monoisotopic (exact) mass is 128 g/mol. The van der Waals surface area contributed by atoms with Crippen molar-refractivity contribution in [3.63, 3.8) is 0 Å². The standard InChI is InChI=1S/C7H12O2/c1-6-4-3-5-7(8-2)9-6/h7H,1,3-5H2,2H3. The lowest BCUT2D eigenvalue weighted by Crippen LogP contribution is -2.18. The van der Waals surface area contributed by atoms with Crippen molar-refractivity contribution < 1.29 is 9.47 Å². The molecule has 1 fully saturated rings. The van der Waals surface area contributed by atoms with Crippen LogP contribution in [0, 0.1) is 0 Å². The lowest BCUT2D eigenvalue weighted by atomic mass is 10.2. The smallest absolute Gasteiger partial charge is 0.199 e. The zero-order valence-corrected chi connectivity index (χ0v) is 5.72. The minimum absolute atomic E-state index is 0.0359. The van der Waals surface area contributed by atoms with Gasteiger partial charge in [-0.15, -0.1) is 0 Å². The van der Waals surface area contributed by atoms with Gasteiger partial charge in [0, 0.05) is 20.0 Å². The first kappa shape index (κ1) is 6.62. The van der Waals surface area contributed by atoms with Crippen LogP contribution in [0.1, 0.15) is 19.3 Å². The first-order chi connectivity index (χ1) is 4.33. The molecule has 0 saturated carbocycles. The molecule has 0 radical (unpaired) electrons. The first-order valence-corrected chi connectivity index (χ1v) is 3.20. The van der Waals surface area contributed by atoms with Crippen LogP contribution >= 0.6 is 0 Å². The third-order valence-electron chi connectivity index (χ3n) is 1.46. The molecule has 0 amide bonds. The second kappa shape index (κ2) is 2.87. The van der Waals surface area contributed by atoms with Crippen LogP contribution < -0.4 is 0 Å². The van der Waals surface area contributed by atoms with Gasteiger partial charge in [0.15, 0.2) is 6.29 Å². The summed E-state index contributed by atoms with van der Waals surface area (Å²) in [5, 5.41) is 0. The van der Waals surface area contributed by atoms with Crippen molar-refractivity contribution >= 4 is 0 Å². The molecule has 0 aromatic carbocycles. The van der Waals surface area contributed by atoms with Crippen molar-refractivity contribution in [1.29, 1.82) is 0 Å². The zero-order valence-electron chi connectivity index (χ0n) is 5.72. The summed E-state index contributed by atoms with van der Waals surface area (Å²) in [4.78, 5) is 0. The average molecular weight is 128 g/mol. The SMILES string of the molecule is C=C1CCCC(OC)O1. The van der Waals surface area contributed by atoms with Crippen molar-refractivity contribution in [3.8, 4) is 0 Å². The van der Waals surface area contributed by atoms with Crippen LogP contribution in [0.4, 0.5) is 0 Å². The maximum atomic E-state index is 5.22. The van der Waals surface area contributed by atoms with E-state index in [-0.39, 0.29) is 6.29 Å². The van der Waals surface area contributed by atoms with Gasteiger partial charge in [-0.2, -0.15) is 0 Å². The van der Waals surface area contributed by atoms with Crippen LogP contribution in [0.2, 0.25) is 0 Å². The van der Waals surface area contributed by atoms with Crippen LogP contribution in [-0.4, -0.2) is 13.4 Å². The van der Waals surface area contributed by atoms with Gasteiger partial charge >= 0.3 is 0 Å². The largest absolute Gasteiger partial charge is 0.470 e. The molecule has 0 bridgehead atoms. The average Bonchev–Trinajstić information content (AvgIpc) is 1.88. The van der Waals surface area contributed by atoms with Gasteiger partial charge in [0.25, 0.3) is 0 Å². The molecule has 9 heavy (non-hydrogen) atoms. The van der Waals surface area contributed by atoms with Crippen molar-refractivity contribution in [2.24, 2.45) is 0 Å². The summed E-state index contributed by atoms with van der Waals surface area (Å²) in [6, 6.07) is 0. The summed E-state index contributed by atoms with van der Waals surface area (Å²) >= 11 is 0. The first-order valence-electron chi connectivity index (χ1n) is 3.20. The second-order valence-electron chi connectivity index (χ2n) is 2.21. The van der Waals surface area contributed by atoms with Crippen LogP contribution in [0.15, 0.2) is 12.3 Å². The Balaban J connectivity index is 2.32. The molecule has 1 saturated heterocycles. The highest BCUT2D eigenvalue weighted by atomic mass is 16.7. The number of ether oxygens (including phenoxy) is 2. The highest BCUT2D eigenvalue weighted by Crippen LogP contribution is 2.20. The number of hydrogen-bond acceptors (Lipinski definition) is 2. The van der Waals surface area contributed by atoms with Gasteiger partial charge in [0.2, 0.25) is 0 Å². The maximum Gasteiger partial charge on any atom is 0.199 e. The van der Waals surface area contributed by atoms with E-state index in [1.807, 2.05) is 0 Å². The highest BCUT2D eigenvalue weighted by Gasteiger charge is 2.14. The lowest BCUT2D eigenvalue weighted by molar-refractivity contribution is -0.114. The number of hydrogen-bond donors (Lipinski definition) is 0. The molecular formula is C7H12O2. The predicted molar refractivity (Wildman–Crippen MR) is 34.9 cm³/mol. The van der Waals surface area contributed by atoms with Crippen LogP contribution in [0.5, 0.6) is 0 Å². The molecular weight excluding hydrogens is 116 g/mol. The van der Waals surface area contributed by atoms with E-state index < -0.39 is 0 Å². The fraction of sp³-hybridized carbons (Fsp3) is 0.714. The van der Waals surface area contributed by atoms with Gasteiger partial charge in [-0.25, -0.2) is 0 Å². The molecule has 1 unspecified atom stereocenters. The van der Waals surface area contributed by atoms with Crippen molar-refractivity contribution in [2.45, 2.75) is 25.6 Å². The predicted octanol–water partition coefficient (Wildman–Crippen LogP) is 1.67. The minimum Gasteiger partial charge on any atom is -0.470 e. The van der Waals surface area contributed by atoms with E-state index in [0.717, 1.165) is 25.0 Å². The lowest BCUT2D eigenvalue weighted by Gasteiger charge is -2.23. The minimum atomic E-state index is -0.0359. The van der Waals surface area contributed by atoms with Crippen molar-refractivity contribution in [2.75, 3.05) is 7.11 Å². The number of methoxy groups -OCH3 is 1. The molecule has 1 aliphatic rings. The Morgan fingerprint density at radius 2 is 2.56 bits per heavy atom. The Morgan fingerprint density at radius 1 is 1.78 bits per heavy atom. The Kier molecular flexibility index (Phi) is 2.11. The van der Waals surface area contributed by atoms with E-state index in [9.17, 15) is 0 Å². The molecule has 0 spiro atoms. The van der Waals surface area contributed by atoms with Gasteiger partial charge in [0.05, 0.1) is 5.76 Å². The number of allylic oxidation sites excluding steroid dienone is 1. The molecule has 1 atom stereocenters. The van der Waals surface area contributed by atoms with E-state index in [1.165, 1.54) is 0 Å². The van der Waals surface area contributed by atoms with Gasteiger partial charge in [0.1, 0.15) is 0 Å². The summed E-state index contributed by atoms with van der Waals surface area (Å²) in [5.74, 6) is 0.855. The Bertz CT molecular complexity index is 109. The van der Waals surface area contributed by atoms with Crippen LogP contribution in [0.3, 0.4) is 0 Å². The molecule has 1 rings (SSSR count). The number of rotatable bonds is 1. The van der Waals surface area contributed by atoms with E-state index in [1.54, 1.807) is 7.11 Å². The maximum absolute atomic E-state index is 5.22. The highest BCUT2D eigenvalue weighted by molar-refractivity contribution is 4.85. The molecule has 0 aromatic heterocycles. The topological polar surface area (TPSA) is 18.5 Å². The summed E-state index contributed by atoms with van der Waals surface area (Å²) in [7, 11) is 1.66.